The van der Waals surface area contributed by atoms with E-state index in [9.17, 15) is 4.79 Å². The Morgan fingerprint density at radius 1 is 1.10 bits per heavy atom. The van der Waals surface area contributed by atoms with Crippen LogP contribution in [0.3, 0.4) is 0 Å². The lowest BCUT2D eigenvalue weighted by Gasteiger charge is -2.32. The zero-order chi connectivity index (χ0) is 13.9. The molecular weight excluding hydrogens is 316 g/mol. The zero-order valence-corrected chi connectivity index (χ0v) is 13.3. The van der Waals surface area contributed by atoms with Crippen LogP contribution in [0.5, 0.6) is 0 Å². The molecule has 1 aromatic rings. The molecule has 1 unspecified atom stereocenters. The Kier molecular flexibility index (Phi) is 4.41. The molecule has 0 spiro atoms. The van der Waals surface area contributed by atoms with Gasteiger partial charge in [0.05, 0.1) is 5.56 Å². The second-order valence-corrected chi connectivity index (χ2v) is 6.62. The molecule has 3 nitrogen and oxygen atoms in total. The maximum absolute atomic E-state index is 12.6. The number of nitrogens with zero attached hydrogens (tertiary/aromatic N) is 2. The number of amides is 1. The molecule has 1 amide bonds. The van der Waals surface area contributed by atoms with Gasteiger partial charge in [-0.25, -0.2) is 0 Å². The molecule has 2 heterocycles. The molecule has 0 radical (unpaired) electrons. The first-order valence-electron chi connectivity index (χ1n) is 7.53. The van der Waals surface area contributed by atoms with Gasteiger partial charge >= 0.3 is 0 Å². The maximum atomic E-state index is 12.6. The van der Waals surface area contributed by atoms with E-state index < -0.39 is 0 Å². The Bertz CT molecular complexity index is 485. The number of rotatable bonds is 2. The van der Waals surface area contributed by atoms with Crippen LogP contribution in [0.4, 0.5) is 0 Å². The molecule has 108 valence electrons. The molecule has 0 saturated carbocycles. The summed E-state index contributed by atoms with van der Waals surface area (Å²) in [7, 11) is 0. The van der Waals surface area contributed by atoms with Gasteiger partial charge in [-0.05, 0) is 60.4 Å². The highest BCUT2D eigenvalue weighted by Gasteiger charge is 2.31. The quantitative estimate of drug-likeness (QED) is 0.828. The topological polar surface area (TPSA) is 23.6 Å². The molecule has 3 rings (SSSR count). The van der Waals surface area contributed by atoms with Crippen LogP contribution in [0.1, 0.15) is 36.0 Å². The summed E-state index contributed by atoms with van der Waals surface area (Å²) >= 11 is 3.48. The molecule has 0 aromatic heterocycles. The molecule has 1 aromatic carbocycles. The zero-order valence-electron chi connectivity index (χ0n) is 11.7. The fraction of sp³-hybridized carbons (Fsp3) is 0.562. The molecule has 0 bridgehead atoms. The Hall–Kier alpha value is -0.870. The molecule has 2 aliphatic rings. The molecule has 4 heteroatoms. The third-order valence-electron chi connectivity index (χ3n) is 4.46. The van der Waals surface area contributed by atoms with Crippen LogP contribution >= 0.6 is 15.9 Å². The minimum Gasteiger partial charge on any atom is -0.337 e. The van der Waals surface area contributed by atoms with E-state index in [1.54, 1.807) is 0 Å². The van der Waals surface area contributed by atoms with Gasteiger partial charge < -0.3 is 4.90 Å². The van der Waals surface area contributed by atoms with Gasteiger partial charge in [0.15, 0.2) is 0 Å². The van der Waals surface area contributed by atoms with Crippen molar-refractivity contribution in [2.75, 3.05) is 26.2 Å². The highest BCUT2D eigenvalue weighted by molar-refractivity contribution is 9.10. The average molecular weight is 337 g/mol. The summed E-state index contributed by atoms with van der Waals surface area (Å²) in [5, 5.41) is 0. The van der Waals surface area contributed by atoms with Crippen molar-refractivity contribution >= 4 is 21.8 Å². The monoisotopic (exact) mass is 336 g/mol. The van der Waals surface area contributed by atoms with Crippen LogP contribution < -0.4 is 0 Å². The van der Waals surface area contributed by atoms with Crippen molar-refractivity contribution in [3.05, 3.63) is 34.3 Å². The first-order chi connectivity index (χ1) is 9.75. The van der Waals surface area contributed by atoms with E-state index in [0.29, 0.717) is 6.04 Å². The van der Waals surface area contributed by atoms with Crippen LogP contribution in [-0.4, -0.2) is 47.9 Å². The van der Waals surface area contributed by atoms with E-state index in [0.717, 1.165) is 29.5 Å². The first-order valence-corrected chi connectivity index (χ1v) is 8.33. The van der Waals surface area contributed by atoms with Crippen molar-refractivity contribution in [3.63, 3.8) is 0 Å². The SMILES string of the molecule is O=C(c1ccccc1Br)N1CCC(N2CCCCC2)C1. The molecule has 0 aliphatic carbocycles. The summed E-state index contributed by atoms with van der Waals surface area (Å²) < 4.78 is 0.895. The van der Waals surface area contributed by atoms with Gasteiger partial charge in [-0.15, -0.1) is 0 Å². The van der Waals surface area contributed by atoms with Gasteiger partial charge in [0.25, 0.3) is 5.91 Å². The maximum Gasteiger partial charge on any atom is 0.255 e. The summed E-state index contributed by atoms with van der Waals surface area (Å²) in [5.74, 6) is 0.164. The van der Waals surface area contributed by atoms with Gasteiger partial charge in [-0.2, -0.15) is 0 Å². The lowest BCUT2D eigenvalue weighted by atomic mass is 10.1. The average Bonchev–Trinajstić information content (AvgIpc) is 2.98. The number of benzene rings is 1. The largest absolute Gasteiger partial charge is 0.337 e. The van der Waals surface area contributed by atoms with Crippen molar-refractivity contribution in [1.82, 2.24) is 9.80 Å². The number of hydrogen-bond donors (Lipinski definition) is 0. The third-order valence-corrected chi connectivity index (χ3v) is 5.15. The fourth-order valence-corrected chi connectivity index (χ4v) is 3.77. The van der Waals surface area contributed by atoms with Crippen LogP contribution in [0.25, 0.3) is 0 Å². The number of hydrogen-bond acceptors (Lipinski definition) is 2. The number of likely N-dealkylation sites (tertiary alicyclic amines) is 2. The molecule has 2 aliphatic heterocycles. The van der Waals surface area contributed by atoms with E-state index in [1.807, 2.05) is 29.2 Å². The normalized spacial score (nSPS) is 24.1. The van der Waals surface area contributed by atoms with Crippen LogP contribution in [0.2, 0.25) is 0 Å². The van der Waals surface area contributed by atoms with Crippen LogP contribution in [-0.2, 0) is 0 Å². The Labute approximate surface area is 129 Å². The van der Waals surface area contributed by atoms with E-state index >= 15 is 0 Å². The van der Waals surface area contributed by atoms with Gasteiger partial charge in [0.1, 0.15) is 0 Å². The molecule has 2 fully saturated rings. The molecule has 2 saturated heterocycles. The smallest absolute Gasteiger partial charge is 0.255 e. The predicted octanol–water partition coefficient (Wildman–Crippen LogP) is 3.15. The van der Waals surface area contributed by atoms with Crippen molar-refractivity contribution in [2.45, 2.75) is 31.7 Å². The van der Waals surface area contributed by atoms with Gasteiger partial charge in [0.2, 0.25) is 0 Å². The van der Waals surface area contributed by atoms with Crippen molar-refractivity contribution in [2.24, 2.45) is 0 Å². The second-order valence-electron chi connectivity index (χ2n) is 5.77. The van der Waals surface area contributed by atoms with E-state index in [1.165, 1.54) is 32.4 Å². The lowest BCUT2D eigenvalue weighted by Crippen LogP contribution is -2.41. The Morgan fingerprint density at radius 2 is 1.85 bits per heavy atom. The minimum absolute atomic E-state index is 0.164. The second kappa shape index (κ2) is 6.27. The van der Waals surface area contributed by atoms with E-state index in [-0.39, 0.29) is 5.91 Å². The summed E-state index contributed by atoms with van der Waals surface area (Å²) in [6.07, 6.45) is 5.11. The van der Waals surface area contributed by atoms with Gasteiger partial charge in [-0.1, -0.05) is 18.6 Å². The highest BCUT2D eigenvalue weighted by atomic mass is 79.9. The van der Waals surface area contributed by atoms with E-state index in [2.05, 4.69) is 20.8 Å². The fourth-order valence-electron chi connectivity index (χ4n) is 3.31. The number of halogens is 1. The van der Waals surface area contributed by atoms with Crippen molar-refractivity contribution < 1.29 is 4.79 Å². The third kappa shape index (κ3) is 2.91. The lowest BCUT2D eigenvalue weighted by molar-refractivity contribution is 0.0770. The number of piperidine rings is 1. The molecular formula is C16H21BrN2O. The molecule has 20 heavy (non-hydrogen) atoms. The summed E-state index contributed by atoms with van der Waals surface area (Å²) in [4.78, 5) is 17.2. The van der Waals surface area contributed by atoms with Crippen molar-refractivity contribution in [3.8, 4) is 0 Å². The standard InChI is InChI=1S/C16H21BrN2O/c17-15-7-3-2-6-14(15)16(20)19-11-8-13(12-19)18-9-4-1-5-10-18/h2-3,6-7,13H,1,4-5,8-12H2. The number of carbonyl (C=O) groups is 1. The van der Waals surface area contributed by atoms with Crippen molar-refractivity contribution in [1.29, 1.82) is 0 Å². The molecule has 1 atom stereocenters. The van der Waals surface area contributed by atoms with Crippen LogP contribution in [0.15, 0.2) is 28.7 Å². The van der Waals surface area contributed by atoms with E-state index in [4.69, 9.17) is 0 Å². The Morgan fingerprint density at radius 3 is 2.60 bits per heavy atom. The predicted molar refractivity (Wildman–Crippen MR) is 83.9 cm³/mol. The first kappa shape index (κ1) is 14.1. The summed E-state index contributed by atoms with van der Waals surface area (Å²) in [5.41, 5.74) is 0.784. The highest BCUT2D eigenvalue weighted by Crippen LogP contribution is 2.24. The molecule has 0 N–H and O–H groups in total. The summed E-state index contributed by atoms with van der Waals surface area (Å²) in [6.45, 7) is 4.20. The van der Waals surface area contributed by atoms with Gasteiger partial charge in [-0.3, -0.25) is 9.69 Å². The Balaban J connectivity index is 1.65. The van der Waals surface area contributed by atoms with Gasteiger partial charge in [0, 0.05) is 23.6 Å². The summed E-state index contributed by atoms with van der Waals surface area (Å²) in [6, 6.07) is 8.28. The number of carbonyl (C=O) groups excluding carboxylic acids is 1. The minimum atomic E-state index is 0.164. The van der Waals surface area contributed by atoms with Crippen LogP contribution in [0, 0.1) is 0 Å².